The minimum Gasteiger partial charge on any atom is -0.356 e. The molecule has 0 atom stereocenters. The fraction of sp³-hybridized carbons (Fsp3) is 0.200. The fourth-order valence-electron chi connectivity index (χ4n) is 2.35. The lowest BCUT2D eigenvalue weighted by Gasteiger charge is -2.21. The Hall–Kier alpha value is -2.07. The molecule has 102 valence electrons. The van der Waals surface area contributed by atoms with Crippen molar-refractivity contribution in [3.63, 3.8) is 0 Å². The fourth-order valence-corrected chi connectivity index (χ4v) is 2.52. The maximum absolute atomic E-state index is 12.3. The van der Waals surface area contributed by atoms with E-state index in [-0.39, 0.29) is 5.91 Å². The second-order valence-electron chi connectivity index (χ2n) is 4.74. The second kappa shape index (κ2) is 5.13. The van der Waals surface area contributed by atoms with E-state index in [9.17, 15) is 4.79 Å². The molecule has 5 heteroatoms. The largest absolute Gasteiger partial charge is 0.356 e. The minimum atomic E-state index is 0.0386. The first kappa shape index (κ1) is 12.9. The van der Waals surface area contributed by atoms with E-state index in [4.69, 9.17) is 11.6 Å². The lowest BCUT2D eigenvalue weighted by atomic mass is 10.2. The van der Waals surface area contributed by atoms with Crippen LogP contribution in [0.15, 0.2) is 42.5 Å². The molecule has 2 heterocycles. The number of carbonyl (C=O) groups is 1. The number of likely N-dealkylation sites (N-methyl/N-ethyl adjacent to an activating group) is 1. The first-order valence-corrected chi connectivity index (χ1v) is 6.75. The highest BCUT2D eigenvalue weighted by atomic mass is 35.5. The molecule has 0 radical (unpaired) electrons. The van der Waals surface area contributed by atoms with E-state index in [1.165, 1.54) is 0 Å². The third kappa shape index (κ3) is 2.34. The number of carbonyl (C=O) groups excluding carboxylic acids is 1. The van der Waals surface area contributed by atoms with Crippen LogP contribution in [0.3, 0.4) is 0 Å². The summed E-state index contributed by atoms with van der Waals surface area (Å²) in [6, 6.07) is 13.4. The zero-order valence-corrected chi connectivity index (χ0v) is 11.8. The molecule has 0 saturated carbocycles. The summed E-state index contributed by atoms with van der Waals surface area (Å²) < 4.78 is 0. The van der Waals surface area contributed by atoms with Gasteiger partial charge in [0.25, 0.3) is 0 Å². The molecule has 1 aliphatic heterocycles. The normalized spacial score (nSPS) is 15.0. The number of benzene rings is 1. The molecular weight excluding hydrogens is 274 g/mol. The summed E-state index contributed by atoms with van der Waals surface area (Å²) in [5, 5.41) is 0.444. The summed E-state index contributed by atoms with van der Waals surface area (Å²) in [6.45, 7) is 0.893. The van der Waals surface area contributed by atoms with Crippen LogP contribution in [0.25, 0.3) is 0 Å². The molecule has 0 unspecified atom stereocenters. The molecule has 1 aromatic carbocycles. The minimum absolute atomic E-state index is 0.0386. The molecule has 3 rings (SSSR count). The van der Waals surface area contributed by atoms with Crippen molar-refractivity contribution in [2.24, 2.45) is 0 Å². The maximum Gasteiger partial charge on any atom is 0.246 e. The average molecular weight is 288 g/mol. The summed E-state index contributed by atoms with van der Waals surface area (Å²) in [6.07, 6.45) is 0. The number of halogens is 1. The predicted molar refractivity (Wildman–Crippen MR) is 80.1 cm³/mol. The summed E-state index contributed by atoms with van der Waals surface area (Å²) in [4.78, 5) is 20.3. The summed E-state index contributed by atoms with van der Waals surface area (Å²) in [5.41, 5.74) is 2.64. The van der Waals surface area contributed by atoms with E-state index < -0.39 is 0 Å². The number of rotatable bonds is 1. The van der Waals surface area contributed by atoms with Gasteiger partial charge in [0.1, 0.15) is 5.15 Å². The zero-order chi connectivity index (χ0) is 14.1. The molecule has 4 nitrogen and oxygen atoms in total. The number of nitrogens with zero attached hydrogens (tertiary/aromatic N) is 3. The number of anilines is 2. The molecule has 1 amide bonds. The van der Waals surface area contributed by atoms with Gasteiger partial charge >= 0.3 is 0 Å². The first-order chi connectivity index (χ1) is 9.65. The molecule has 0 spiro atoms. The number of aromatic nitrogens is 1. The predicted octanol–water partition coefficient (Wildman–Crippen LogP) is 2.72. The SMILES string of the molecule is CN1C(=O)CN(c2ccccc2)Cc2nc(Cl)ccc21. The summed E-state index contributed by atoms with van der Waals surface area (Å²) in [7, 11) is 1.77. The molecule has 0 aliphatic carbocycles. The van der Waals surface area contributed by atoms with Gasteiger partial charge in [-0.05, 0) is 24.3 Å². The third-order valence-corrected chi connectivity index (χ3v) is 3.65. The van der Waals surface area contributed by atoms with E-state index in [0.29, 0.717) is 18.2 Å². The monoisotopic (exact) mass is 287 g/mol. The molecule has 0 saturated heterocycles. The lowest BCUT2D eigenvalue weighted by molar-refractivity contribution is -0.117. The van der Waals surface area contributed by atoms with Crippen LogP contribution in [-0.4, -0.2) is 24.5 Å². The number of hydrogen-bond acceptors (Lipinski definition) is 3. The molecule has 0 N–H and O–H groups in total. The molecule has 1 aromatic heterocycles. The third-order valence-electron chi connectivity index (χ3n) is 3.44. The molecule has 2 aromatic rings. The van der Waals surface area contributed by atoms with Gasteiger partial charge in [-0.25, -0.2) is 4.98 Å². The van der Waals surface area contributed by atoms with Crippen LogP contribution in [-0.2, 0) is 11.3 Å². The highest BCUT2D eigenvalue weighted by Crippen LogP contribution is 2.27. The number of hydrogen-bond donors (Lipinski definition) is 0. The van der Waals surface area contributed by atoms with Gasteiger partial charge in [-0.3, -0.25) is 4.79 Å². The van der Waals surface area contributed by atoms with Gasteiger partial charge in [0, 0.05) is 12.7 Å². The number of amides is 1. The standard InChI is InChI=1S/C15H14ClN3O/c1-18-13-7-8-14(16)17-12(13)9-19(10-15(18)20)11-5-3-2-4-6-11/h2-8H,9-10H2,1H3. The van der Waals surface area contributed by atoms with Crippen LogP contribution in [0.2, 0.25) is 5.15 Å². The molecule has 20 heavy (non-hydrogen) atoms. The van der Waals surface area contributed by atoms with Crippen LogP contribution in [0.4, 0.5) is 11.4 Å². The zero-order valence-electron chi connectivity index (χ0n) is 11.1. The molecular formula is C15H14ClN3O. The van der Waals surface area contributed by atoms with Crippen molar-refractivity contribution in [1.82, 2.24) is 4.98 Å². The Morgan fingerprint density at radius 2 is 1.85 bits per heavy atom. The average Bonchev–Trinajstić information content (AvgIpc) is 2.58. The highest BCUT2D eigenvalue weighted by Gasteiger charge is 2.25. The Balaban J connectivity index is 2.04. The van der Waals surface area contributed by atoms with Gasteiger partial charge in [-0.15, -0.1) is 0 Å². The van der Waals surface area contributed by atoms with Gasteiger partial charge < -0.3 is 9.80 Å². The van der Waals surface area contributed by atoms with Gasteiger partial charge in [-0.2, -0.15) is 0 Å². The maximum atomic E-state index is 12.3. The number of pyridine rings is 1. The van der Waals surface area contributed by atoms with E-state index in [2.05, 4.69) is 4.98 Å². The van der Waals surface area contributed by atoms with Crippen molar-refractivity contribution >= 4 is 28.9 Å². The topological polar surface area (TPSA) is 36.4 Å². The second-order valence-corrected chi connectivity index (χ2v) is 5.13. The molecule has 1 aliphatic rings. The van der Waals surface area contributed by atoms with Crippen molar-refractivity contribution < 1.29 is 4.79 Å². The molecule has 0 bridgehead atoms. The Labute approximate surface area is 122 Å². The number of fused-ring (bicyclic) bond motifs is 1. The van der Waals surface area contributed by atoms with Crippen LogP contribution >= 0.6 is 11.6 Å². The lowest BCUT2D eigenvalue weighted by Crippen LogP contribution is -2.34. The van der Waals surface area contributed by atoms with Crippen molar-refractivity contribution in [2.75, 3.05) is 23.4 Å². The van der Waals surface area contributed by atoms with Crippen molar-refractivity contribution in [3.8, 4) is 0 Å². The molecule has 0 fully saturated rings. The van der Waals surface area contributed by atoms with Crippen LogP contribution in [0.5, 0.6) is 0 Å². The smallest absolute Gasteiger partial charge is 0.246 e. The summed E-state index contributed by atoms with van der Waals surface area (Å²) >= 11 is 5.97. The summed E-state index contributed by atoms with van der Waals surface area (Å²) in [5.74, 6) is 0.0386. The van der Waals surface area contributed by atoms with Crippen molar-refractivity contribution in [2.45, 2.75) is 6.54 Å². The van der Waals surface area contributed by atoms with Crippen LogP contribution in [0.1, 0.15) is 5.69 Å². The highest BCUT2D eigenvalue weighted by molar-refractivity contribution is 6.29. The van der Waals surface area contributed by atoms with Gasteiger partial charge in [0.05, 0.1) is 24.5 Å². The van der Waals surface area contributed by atoms with Gasteiger partial charge in [0.15, 0.2) is 0 Å². The Morgan fingerprint density at radius 3 is 2.60 bits per heavy atom. The van der Waals surface area contributed by atoms with Crippen LogP contribution in [0, 0.1) is 0 Å². The van der Waals surface area contributed by atoms with Crippen molar-refractivity contribution in [1.29, 1.82) is 0 Å². The van der Waals surface area contributed by atoms with Crippen LogP contribution < -0.4 is 9.80 Å². The van der Waals surface area contributed by atoms with E-state index >= 15 is 0 Å². The van der Waals surface area contributed by atoms with Gasteiger partial charge in [-0.1, -0.05) is 29.8 Å². The Kier molecular flexibility index (Phi) is 3.32. The Morgan fingerprint density at radius 1 is 1.10 bits per heavy atom. The number of para-hydroxylation sites is 1. The first-order valence-electron chi connectivity index (χ1n) is 6.37. The van der Waals surface area contributed by atoms with E-state index in [1.807, 2.05) is 41.3 Å². The van der Waals surface area contributed by atoms with E-state index in [0.717, 1.165) is 17.1 Å². The van der Waals surface area contributed by atoms with Crippen molar-refractivity contribution in [3.05, 3.63) is 53.3 Å². The quantitative estimate of drug-likeness (QED) is 0.757. The Bertz CT molecular complexity index is 645. The van der Waals surface area contributed by atoms with Gasteiger partial charge in [0.2, 0.25) is 5.91 Å². The van der Waals surface area contributed by atoms with E-state index in [1.54, 1.807) is 18.0 Å².